The summed E-state index contributed by atoms with van der Waals surface area (Å²) in [6, 6.07) is 16.5. The van der Waals surface area contributed by atoms with Crippen molar-refractivity contribution in [3.8, 4) is 0 Å². The smallest absolute Gasteiger partial charge is 0.0426 e. The fourth-order valence-corrected chi connectivity index (χ4v) is 2.76. The van der Waals surface area contributed by atoms with Gasteiger partial charge in [-0.05, 0) is 36.2 Å². The van der Waals surface area contributed by atoms with Gasteiger partial charge < -0.3 is 10.2 Å². The summed E-state index contributed by atoms with van der Waals surface area (Å²) in [4.78, 5) is 2.44. The first-order valence-electron chi connectivity index (χ1n) is 6.65. The summed E-state index contributed by atoms with van der Waals surface area (Å²) in [5.41, 5.74) is 3.93. The first-order chi connectivity index (χ1) is 9.33. The molecule has 98 valence electrons. The third-order valence-electron chi connectivity index (χ3n) is 3.52. The molecular weight excluding hydrogens is 256 g/mol. The molecule has 0 radical (unpaired) electrons. The maximum Gasteiger partial charge on any atom is 0.0426 e. The third-order valence-corrected chi connectivity index (χ3v) is 3.75. The molecular formula is C16H17ClN2. The molecule has 0 amide bonds. The molecule has 3 heteroatoms. The predicted molar refractivity (Wildman–Crippen MR) is 82.3 cm³/mol. The van der Waals surface area contributed by atoms with Crippen molar-refractivity contribution in [2.75, 3.05) is 29.9 Å². The fourth-order valence-electron chi connectivity index (χ4n) is 2.57. The minimum absolute atomic E-state index is 0.775. The Balaban J connectivity index is 1.57. The summed E-state index contributed by atoms with van der Waals surface area (Å²) in [5, 5.41) is 4.19. The number of benzene rings is 2. The Bertz CT molecular complexity index is 568. The van der Waals surface area contributed by atoms with Gasteiger partial charge in [-0.25, -0.2) is 0 Å². The Labute approximate surface area is 119 Å². The van der Waals surface area contributed by atoms with Gasteiger partial charge in [-0.15, -0.1) is 0 Å². The summed E-state index contributed by atoms with van der Waals surface area (Å²) in [6.07, 6.45) is 1.16. The van der Waals surface area contributed by atoms with Crippen LogP contribution in [-0.4, -0.2) is 19.6 Å². The molecule has 2 aromatic carbocycles. The maximum absolute atomic E-state index is 5.97. The van der Waals surface area contributed by atoms with Crippen LogP contribution in [-0.2, 0) is 6.42 Å². The topological polar surface area (TPSA) is 15.3 Å². The monoisotopic (exact) mass is 272 g/mol. The molecule has 2 aromatic rings. The van der Waals surface area contributed by atoms with Gasteiger partial charge in [-0.3, -0.25) is 0 Å². The Morgan fingerprint density at radius 1 is 1.11 bits per heavy atom. The van der Waals surface area contributed by atoms with Gasteiger partial charge in [0.2, 0.25) is 0 Å². The lowest BCUT2D eigenvalue weighted by Crippen LogP contribution is -2.27. The summed E-state index contributed by atoms with van der Waals surface area (Å²) in [7, 11) is 0. The second-order valence-corrected chi connectivity index (χ2v) is 5.24. The van der Waals surface area contributed by atoms with Gasteiger partial charge in [0.05, 0.1) is 0 Å². The van der Waals surface area contributed by atoms with Gasteiger partial charge >= 0.3 is 0 Å². The van der Waals surface area contributed by atoms with E-state index in [1.165, 1.54) is 11.3 Å². The molecule has 0 aliphatic carbocycles. The van der Waals surface area contributed by atoms with E-state index in [-0.39, 0.29) is 0 Å². The number of hydrogen-bond acceptors (Lipinski definition) is 2. The molecule has 0 bridgehead atoms. The summed E-state index contributed by atoms with van der Waals surface area (Å²) in [6.45, 7) is 3.06. The zero-order valence-corrected chi connectivity index (χ0v) is 11.5. The van der Waals surface area contributed by atoms with Crippen molar-refractivity contribution in [1.29, 1.82) is 0 Å². The van der Waals surface area contributed by atoms with Crippen LogP contribution in [0, 0.1) is 0 Å². The molecule has 1 heterocycles. The highest BCUT2D eigenvalue weighted by molar-refractivity contribution is 6.30. The summed E-state index contributed by atoms with van der Waals surface area (Å²) >= 11 is 5.97. The fraction of sp³-hybridized carbons (Fsp3) is 0.250. The Morgan fingerprint density at radius 2 is 2.00 bits per heavy atom. The standard InChI is InChI=1S/C16H17ClN2/c17-14-5-3-6-15(12-14)18-9-11-19-10-8-13-4-1-2-7-16(13)19/h1-7,12,18H,8-11H2. The van der Waals surface area contributed by atoms with Crippen molar-refractivity contribution in [2.45, 2.75) is 6.42 Å². The van der Waals surface area contributed by atoms with Crippen molar-refractivity contribution in [1.82, 2.24) is 0 Å². The lowest BCUT2D eigenvalue weighted by atomic mass is 10.2. The summed E-state index contributed by atoms with van der Waals surface area (Å²) < 4.78 is 0. The highest BCUT2D eigenvalue weighted by Crippen LogP contribution is 2.26. The van der Waals surface area contributed by atoms with Crippen molar-refractivity contribution in [3.05, 3.63) is 59.1 Å². The van der Waals surface area contributed by atoms with Crippen LogP contribution in [0.5, 0.6) is 0 Å². The van der Waals surface area contributed by atoms with Gasteiger partial charge in [-0.2, -0.15) is 0 Å². The Hall–Kier alpha value is -1.67. The van der Waals surface area contributed by atoms with Crippen LogP contribution in [0.25, 0.3) is 0 Å². The largest absolute Gasteiger partial charge is 0.383 e. The highest BCUT2D eigenvalue weighted by Gasteiger charge is 2.17. The van der Waals surface area contributed by atoms with E-state index in [4.69, 9.17) is 11.6 Å². The molecule has 3 rings (SSSR count). The van der Waals surface area contributed by atoms with Crippen LogP contribution in [0.2, 0.25) is 5.02 Å². The van der Waals surface area contributed by atoms with Crippen LogP contribution in [0.1, 0.15) is 5.56 Å². The lowest BCUT2D eigenvalue weighted by molar-refractivity contribution is 0.839. The number of hydrogen-bond donors (Lipinski definition) is 1. The SMILES string of the molecule is Clc1cccc(NCCN2CCc3ccccc32)c1. The average molecular weight is 273 g/mol. The molecule has 1 aliphatic heterocycles. The lowest BCUT2D eigenvalue weighted by Gasteiger charge is -2.19. The predicted octanol–water partition coefficient (Wildman–Crippen LogP) is 3.81. The quantitative estimate of drug-likeness (QED) is 0.910. The van der Waals surface area contributed by atoms with Gasteiger partial charge in [0, 0.05) is 36.0 Å². The second-order valence-electron chi connectivity index (χ2n) is 4.80. The van der Waals surface area contributed by atoms with E-state index in [1.807, 2.05) is 24.3 Å². The van der Waals surface area contributed by atoms with Crippen LogP contribution in [0.3, 0.4) is 0 Å². The highest BCUT2D eigenvalue weighted by atomic mass is 35.5. The zero-order chi connectivity index (χ0) is 13.1. The zero-order valence-electron chi connectivity index (χ0n) is 10.8. The average Bonchev–Trinajstić information content (AvgIpc) is 2.83. The molecule has 0 unspecified atom stereocenters. The van der Waals surface area contributed by atoms with Crippen molar-refractivity contribution in [2.24, 2.45) is 0 Å². The van der Waals surface area contributed by atoms with E-state index >= 15 is 0 Å². The Kier molecular flexibility index (Phi) is 3.60. The molecule has 19 heavy (non-hydrogen) atoms. The second kappa shape index (κ2) is 5.54. The normalized spacial score (nSPS) is 13.4. The van der Waals surface area contributed by atoms with E-state index in [0.29, 0.717) is 0 Å². The van der Waals surface area contributed by atoms with Crippen LogP contribution in [0.4, 0.5) is 11.4 Å². The first-order valence-corrected chi connectivity index (χ1v) is 7.03. The minimum Gasteiger partial charge on any atom is -0.383 e. The number of nitrogens with one attached hydrogen (secondary N) is 1. The van der Waals surface area contributed by atoms with E-state index in [2.05, 4.69) is 34.5 Å². The van der Waals surface area contributed by atoms with Crippen molar-refractivity contribution < 1.29 is 0 Å². The van der Waals surface area contributed by atoms with Gasteiger partial charge in [0.15, 0.2) is 0 Å². The molecule has 0 atom stereocenters. The number of anilines is 2. The van der Waals surface area contributed by atoms with E-state index in [0.717, 1.165) is 36.8 Å². The molecule has 1 aliphatic rings. The Morgan fingerprint density at radius 3 is 2.89 bits per heavy atom. The molecule has 0 saturated carbocycles. The van der Waals surface area contributed by atoms with Crippen LogP contribution < -0.4 is 10.2 Å². The van der Waals surface area contributed by atoms with Crippen molar-refractivity contribution >= 4 is 23.0 Å². The van der Waals surface area contributed by atoms with Crippen LogP contribution in [0.15, 0.2) is 48.5 Å². The molecule has 1 N–H and O–H groups in total. The molecule has 2 nitrogen and oxygen atoms in total. The number of rotatable bonds is 4. The summed E-state index contributed by atoms with van der Waals surface area (Å²) in [5.74, 6) is 0. The number of fused-ring (bicyclic) bond motifs is 1. The number of para-hydroxylation sites is 1. The molecule has 0 saturated heterocycles. The molecule has 0 aromatic heterocycles. The molecule has 0 spiro atoms. The maximum atomic E-state index is 5.97. The third kappa shape index (κ3) is 2.85. The van der Waals surface area contributed by atoms with Gasteiger partial charge in [-0.1, -0.05) is 35.9 Å². The van der Waals surface area contributed by atoms with Crippen molar-refractivity contribution in [3.63, 3.8) is 0 Å². The number of nitrogens with zero attached hydrogens (tertiary/aromatic N) is 1. The minimum atomic E-state index is 0.775. The van der Waals surface area contributed by atoms with Gasteiger partial charge in [0.1, 0.15) is 0 Å². The van der Waals surface area contributed by atoms with Crippen LogP contribution >= 0.6 is 11.6 Å². The van der Waals surface area contributed by atoms with E-state index in [9.17, 15) is 0 Å². The first kappa shape index (κ1) is 12.4. The van der Waals surface area contributed by atoms with E-state index in [1.54, 1.807) is 0 Å². The van der Waals surface area contributed by atoms with E-state index < -0.39 is 0 Å². The molecule has 0 fully saturated rings. The number of halogens is 1. The van der Waals surface area contributed by atoms with Gasteiger partial charge in [0.25, 0.3) is 0 Å².